The van der Waals surface area contributed by atoms with E-state index in [0.29, 0.717) is 5.57 Å². The van der Waals surface area contributed by atoms with E-state index in [1.54, 1.807) is 19.1 Å². The topological polar surface area (TPSA) is 79.3 Å². The Bertz CT molecular complexity index is 467. The van der Waals surface area contributed by atoms with Crippen LogP contribution in [-0.4, -0.2) is 22.0 Å². The molecule has 0 saturated heterocycles. The zero-order valence-electron chi connectivity index (χ0n) is 9.73. The van der Waals surface area contributed by atoms with E-state index in [0.717, 1.165) is 6.42 Å². The van der Waals surface area contributed by atoms with Gasteiger partial charge in [0.05, 0.1) is 0 Å². The molecule has 1 amide bonds. The zero-order chi connectivity index (χ0) is 12.8. The first-order valence-electron chi connectivity index (χ1n) is 5.23. The molecule has 0 aliphatic carbocycles. The Morgan fingerprint density at radius 3 is 2.76 bits per heavy atom. The first kappa shape index (κ1) is 12.9. The summed E-state index contributed by atoms with van der Waals surface area (Å²) in [6.45, 7) is 3.62. The van der Waals surface area contributed by atoms with Crippen LogP contribution in [0.2, 0.25) is 0 Å². The van der Waals surface area contributed by atoms with Gasteiger partial charge in [-0.25, -0.2) is 9.78 Å². The van der Waals surface area contributed by atoms with Gasteiger partial charge in [0, 0.05) is 5.57 Å². The second-order valence-corrected chi connectivity index (χ2v) is 3.46. The van der Waals surface area contributed by atoms with Crippen LogP contribution in [0.1, 0.15) is 30.8 Å². The van der Waals surface area contributed by atoms with Crippen molar-refractivity contribution in [1.82, 2.24) is 4.98 Å². The number of allylic oxidation sites excluding steroid dienone is 1. The lowest BCUT2D eigenvalue weighted by molar-refractivity contribution is -0.112. The number of hydrogen-bond acceptors (Lipinski definition) is 3. The van der Waals surface area contributed by atoms with Gasteiger partial charge in [-0.3, -0.25) is 4.79 Å². The molecule has 1 rings (SSSR count). The van der Waals surface area contributed by atoms with Crippen molar-refractivity contribution < 1.29 is 14.7 Å². The van der Waals surface area contributed by atoms with Gasteiger partial charge >= 0.3 is 5.97 Å². The number of aromatic nitrogens is 1. The molecule has 5 nitrogen and oxygen atoms in total. The number of nitrogens with zero attached hydrogens (tertiary/aromatic N) is 1. The average Bonchev–Trinajstić information content (AvgIpc) is 2.29. The molecule has 2 N–H and O–H groups in total. The molecule has 1 aromatic rings. The lowest BCUT2D eigenvalue weighted by Crippen LogP contribution is -2.14. The molecular formula is C12H14N2O3. The number of carboxylic acids is 1. The van der Waals surface area contributed by atoms with Gasteiger partial charge in [0.2, 0.25) is 0 Å². The molecular weight excluding hydrogens is 220 g/mol. The SMILES string of the molecule is CC/C=C(/C)C(=O)Nc1cccc(C(=O)O)n1. The van der Waals surface area contributed by atoms with Gasteiger partial charge in [-0.05, 0) is 25.5 Å². The smallest absolute Gasteiger partial charge is 0.354 e. The Kier molecular flexibility index (Phi) is 4.39. The van der Waals surface area contributed by atoms with Crippen molar-refractivity contribution in [3.63, 3.8) is 0 Å². The number of amides is 1. The minimum atomic E-state index is -1.12. The number of aromatic carboxylic acids is 1. The van der Waals surface area contributed by atoms with Crippen LogP contribution in [0, 0.1) is 0 Å². The maximum atomic E-state index is 11.6. The number of hydrogen-bond donors (Lipinski definition) is 2. The highest BCUT2D eigenvalue weighted by atomic mass is 16.4. The summed E-state index contributed by atoms with van der Waals surface area (Å²) in [4.78, 5) is 26.1. The fraction of sp³-hybridized carbons (Fsp3) is 0.250. The van der Waals surface area contributed by atoms with E-state index in [4.69, 9.17) is 5.11 Å². The number of carbonyl (C=O) groups excluding carboxylic acids is 1. The van der Waals surface area contributed by atoms with Crippen molar-refractivity contribution in [3.8, 4) is 0 Å². The van der Waals surface area contributed by atoms with E-state index < -0.39 is 5.97 Å². The third-order valence-corrected chi connectivity index (χ3v) is 2.08. The molecule has 1 heterocycles. The molecule has 1 aromatic heterocycles. The van der Waals surface area contributed by atoms with Crippen LogP contribution in [0.5, 0.6) is 0 Å². The fourth-order valence-corrected chi connectivity index (χ4v) is 1.24. The summed E-state index contributed by atoms with van der Waals surface area (Å²) < 4.78 is 0. The van der Waals surface area contributed by atoms with Crippen molar-refractivity contribution >= 4 is 17.7 Å². The van der Waals surface area contributed by atoms with E-state index >= 15 is 0 Å². The predicted octanol–water partition coefficient (Wildman–Crippen LogP) is 2.07. The minimum Gasteiger partial charge on any atom is -0.477 e. The average molecular weight is 234 g/mol. The van der Waals surface area contributed by atoms with Crippen LogP contribution in [0.4, 0.5) is 5.82 Å². The van der Waals surface area contributed by atoms with Crippen molar-refractivity contribution in [2.24, 2.45) is 0 Å². The number of pyridine rings is 1. The van der Waals surface area contributed by atoms with Crippen molar-refractivity contribution in [2.45, 2.75) is 20.3 Å². The molecule has 0 aliphatic heterocycles. The molecule has 0 spiro atoms. The molecule has 0 aliphatic rings. The third kappa shape index (κ3) is 3.71. The van der Waals surface area contributed by atoms with Gasteiger partial charge < -0.3 is 10.4 Å². The Morgan fingerprint density at radius 1 is 1.47 bits per heavy atom. The largest absolute Gasteiger partial charge is 0.477 e. The first-order chi connectivity index (χ1) is 8.04. The van der Waals surface area contributed by atoms with E-state index in [-0.39, 0.29) is 17.4 Å². The van der Waals surface area contributed by atoms with Crippen molar-refractivity contribution in [1.29, 1.82) is 0 Å². The van der Waals surface area contributed by atoms with Crippen LogP contribution >= 0.6 is 0 Å². The summed E-state index contributed by atoms with van der Waals surface area (Å²) in [7, 11) is 0. The Morgan fingerprint density at radius 2 is 2.18 bits per heavy atom. The number of rotatable bonds is 4. The second kappa shape index (κ2) is 5.79. The fourth-order valence-electron chi connectivity index (χ4n) is 1.24. The molecule has 0 radical (unpaired) electrons. The monoisotopic (exact) mass is 234 g/mol. The van der Waals surface area contributed by atoms with E-state index in [9.17, 15) is 9.59 Å². The number of carboxylic acid groups (broad SMARTS) is 1. The lowest BCUT2D eigenvalue weighted by Gasteiger charge is -2.04. The normalized spacial score (nSPS) is 11.1. The van der Waals surface area contributed by atoms with Gasteiger partial charge in [0.1, 0.15) is 5.82 Å². The van der Waals surface area contributed by atoms with Crippen LogP contribution < -0.4 is 5.32 Å². The summed E-state index contributed by atoms with van der Waals surface area (Å²) in [5.41, 5.74) is 0.481. The van der Waals surface area contributed by atoms with Gasteiger partial charge in [-0.15, -0.1) is 0 Å². The van der Waals surface area contributed by atoms with Gasteiger partial charge in [0.15, 0.2) is 5.69 Å². The highest BCUT2D eigenvalue weighted by Gasteiger charge is 2.08. The summed E-state index contributed by atoms with van der Waals surface area (Å²) in [6, 6.07) is 4.45. The Labute approximate surface area is 99.2 Å². The van der Waals surface area contributed by atoms with E-state index in [1.807, 2.05) is 6.92 Å². The summed E-state index contributed by atoms with van der Waals surface area (Å²) in [5.74, 6) is -1.16. The van der Waals surface area contributed by atoms with Gasteiger partial charge in [0.25, 0.3) is 5.91 Å². The maximum absolute atomic E-state index is 11.6. The van der Waals surface area contributed by atoms with Crippen LogP contribution in [-0.2, 0) is 4.79 Å². The molecule has 0 bridgehead atoms. The predicted molar refractivity (Wildman–Crippen MR) is 63.9 cm³/mol. The number of carbonyl (C=O) groups is 2. The number of anilines is 1. The molecule has 0 saturated carbocycles. The molecule has 90 valence electrons. The van der Waals surface area contributed by atoms with E-state index in [1.165, 1.54) is 12.1 Å². The number of nitrogens with one attached hydrogen (secondary N) is 1. The lowest BCUT2D eigenvalue weighted by atomic mass is 10.2. The van der Waals surface area contributed by atoms with Crippen molar-refractivity contribution in [2.75, 3.05) is 5.32 Å². The molecule has 0 unspecified atom stereocenters. The first-order valence-corrected chi connectivity index (χ1v) is 5.23. The highest BCUT2D eigenvalue weighted by Crippen LogP contribution is 2.07. The van der Waals surface area contributed by atoms with Gasteiger partial charge in [-0.1, -0.05) is 19.1 Å². The maximum Gasteiger partial charge on any atom is 0.354 e. The van der Waals surface area contributed by atoms with Crippen LogP contribution in [0.15, 0.2) is 29.8 Å². The third-order valence-electron chi connectivity index (χ3n) is 2.08. The molecule has 0 atom stereocenters. The molecule has 17 heavy (non-hydrogen) atoms. The Balaban J connectivity index is 2.82. The van der Waals surface area contributed by atoms with E-state index in [2.05, 4.69) is 10.3 Å². The van der Waals surface area contributed by atoms with Gasteiger partial charge in [-0.2, -0.15) is 0 Å². The molecule has 0 aromatic carbocycles. The van der Waals surface area contributed by atoms with Crippen LogP contribution in [0.3, 0.4) is 0 Å². The zero-order valence-corrected chi connectivity index (χ0v) is 9.73. The summed E-state index contributed by atoms with van der Waals surface area (Å²) >= 11 is 0. The van der Waals surface area contributed by atoms with Crippen molar-refractivity contribution in [3.05, 3.63) is 35.5 Å². The Hall–Kier alpha value is -2.17. The van der Waals surface area contributed by atoms with Crippen LogP contribution in [0.25, 0.3) is 0 Å². The highest BCUT2D eigenvalue weighted by molar-refractivity contribution is 6.02. The summed E-state index contributed by atoms with van der Waals surface area (Å²) in [6.07, 6.45) is 2.55. The molecule has 5 heteroatoms. The second-order valence-electron chi connectivity index (χ2n) is 3.46. The molecule has 0 fully saturated rings. The quantitative estimate of drug-likeness (QED) is 0.781. The summed E-state index contributed by atoms with van der Waals surface area (Å²) in [5, 5.41) is 11.3. The standard InChI is InChI=1S/C12H14N2O3/c1-3-5-8(2)11(15)14-10-7-4-6-9(13-10)12(16)17/h4-7H,3H2,1-2H3,(H,16,17)(H,13,14,15)/b8-5-. The minimum absolute atomic E-state index is 0.0973.